The van der Waals surface area contributed by atoms with E-state index in [1.165, 1.54) is 33.4 Å². The van der Waals surface area contributed by atoms with Crippen molar-refractivity contribution in [2.45, 2.75) is 19.4 Å². The quantitative estimate of drug-likeness (QED) is 0.344. The Morgan fingerprint density at radius 2 is 1.29 bits per heavy atom. The number of benzene rings is 3. The Morgan fingerprint density at radius 3 is 1.87 bits per heavy atom. The number of halogens is 2. The SMILES string of the molecule is Cl.Cl.Nc1cccc(CN2CCC(=C3c4ccccc4C=Cc4ccccc43)CC2)c1. The predicted octanol–water partition coefficient (Wildman–Crippen LogP) is 6.69. The molecule has 1 aliphatic carbocycles. The van der Waals surface area contributed by atoms with E-state index in [1.807, 2.05) is 6.07 Å². The molecule has 1 fully saturated rings. The van der Waals surface area contributed by atoms with Gasteiger partial charge < -0.3 is 5.73 Å². The number of likely N-dealkylation sites (tertiary alicyclic amines) is 1. The fourth-order valence-corrected chi connectivity index (χ4v) is 4.63. The van der Waals surface area contributed by atoms with E-state index >= 15 is 0 Å². The highest BCUT2D eigenvalue weighted by Crippen LogP contribution is 2.38. The third-order valence-corrected chi connectivity index (χ3v) is 6.07. The second kappa shape index (κ2) is 10.2. The minimum Gasteiger partial charge on any atom is -0.399 e. The maximum Gasteiger partial charge on any atom is 0.0317 e. The van der Waals surface area contributed by atoms with Crippen LogP contribution in [0.15, 0.2) is 78.4 Å². The van der Waals surface area contributed by atoms with Crippen LogP contribution < -0.4 is 5.73 Å². The zero-order valence-corrected chi connectivity index (χ0v) is 19.1. The van der Waals surface area contributed by atoms with Gasteiger partial charge >= 0.3 is 0 Å². The van der Waals surface area contributed by atoms with E-state index in [4.69, 9.17) is 5.73 Å². The van der Waals surface area contributed by atoms with Crippen molar-refractivity contribution in [3.63, 3.8) is 0 Å². The Kier molecular flexibility index (Phi) is 7.61. The van der Waals surface area contributed by atoms with Gasteiger partial charge in [-0.25, -0.2) is 0 Å². The van der Waals surface area contributed by atoms with Crippen molar-refractivity contribution in [1.82, 2.24) is 4.90 Å². The summed E-state index contributed by atoms with van der Waals surface area (Å²) >= 11 is 0. The Balaban J connectivity index is 0.00000136. The van der Waals surface area contributed by atoms with E-state index < -0.39 is 0 Å². The number of nitrogen functional groups attached to an aromatic ring is 1. The van der Waals surface area contributed by atoms with Crippen molar-refractivity contribution in [2.24, 2.45) is 0 Å². The molecule has 2 nitrogen and oxygen atoms in total. The fourth-order valence-electron chi connectivity index (χ4n) is 4.63. The first-order valence-electron chi connectivity index (χ1n) is 10.4. The fraction of sp³-hybridized carbons (Fsp3) is 0.185. The van der Waals surface area contributed by atoms with Gasteiger partial charge in [0.15, 0.2) is 0 Å². The Labute approximate surface area is 197 Å². The lowest BCUT2D eigenvalue weighted by Crippen LogP contribution is -2.30. The number of nitrogens with two attached hydrogens (primary N) is 1. The monoisotopic (exact) mass is 450 g/mol. The van der Waals surface area contributed by atoms with E-state index in [2.05, 4.69) is 83.8 Å². The highest BCUT2D eigenvalue weighted by Gasteiger charge is 2.22. The van der Waals surface area contributed by atoms with Gasteiger partial charge in [0.1, 0.15) is 0 Å². The average Bonchev–Trinajstić information content (AvgIpc) is 2.91. The van der Waals surface area contributed by atoms with Crippen LogP contribution in [0.4, 0.5) is 5.69 Å². The van der Waals surface area contributed by atoms with Gasteiger partial charge in [-0.3, -0.25) is 4.90 Å². The van der Waals surface area contributed by atoms with Crippen molar-refractivity contribution in [3.8, 4) is 0 Å². The maximum atomic E-state index is 5.96. The van der Waals surface area contributed by atoms with Gasteiger partial charge in [-0.05, 0) is 58.4 Å². The molecule has 0 radical (unpaired) electrons. The summed E-state index contributed by atoms with van der Waals surface area (Å²) in [5.74, 6) is 0. The van der Waals surface area contributed by atoms with E-state index in [0.717, 1.165) is 38.2 Å². The van der Waals surface area contributed by atoms with Crippen LogP contribution in [0.5, 0.6) is 0 Å². The van der Waals surface area contributed by atoms with E-state index in [-0.39, 0.29) is 24.8 Å². The molecule has 0 saturated carbocycles. The van der Waals surface area contributed by atoms with Gasteiger partial charge in [0, 0.05) is 25.3 Å². The molecule has 0 spiro atoms. The lowest BCUT2D eigenvalue weighted by atomic mass is 9.86. The molecule has 2 aliphatic rings. The highest BCUT2D eigenvalue weighted by atomic mass is 35.5. The van der Waals surface area contributed by atoms with E-state index in [1.54, 1.807) is 5.57 Å². The predicted molar refractivity (Wildman–Crippen MR) is 138 cm³/mol. The van der Waals surface area contributed by atoms with Crippen molar-refractivity contribution in [2.75, 3.05) is 18.8 Å². The Bertz CT molecular complexity index is 1060. The van der Waals surface area contributed by atoms with Gasteiger partial charge in [0.2, 0.25) is 0 Å². The van der Waals surface area contributed by atoms with Crippen LogP contribution in [-0.4, -0.2) is 18.0 Å². The molecule has 1 aliphatic heterocycles. The molecule has 0 atom stereocenters. The molecule has 4 heteroatoms. The summed E-state index contributed by atoms with van der Waals surface area (Å²) in [5.41, 5.74) is 16.5. The van der Waals surface area contributed by atoms with Crippen LogP contribution in [0.25, 0.3) is 17.7 Å². The average molecular weight is 451 g/mol. The molecule has 1 heterocycles. The van der Waals surface area contributed by atoms with E-state index in [9.17, 15) is 0 Å². The summed E-state index contributed by atoms with van der Waals surface area (Å²) in [7, 11) is 0. The van der Waals surface area contributed by atoms with Crippen molar-refractivity contribution in [1.29, 1.82) is 0 Å². The number of hydrogen-bond donors (Lipinski definition) is 1. The van der Waals surface area contributed by atoms with Gasteiger partial charge in [-0.2, -0.15) is 0 Å². The number of rotatable bonds is 2. The molecule has 0 unspecified atom stereocenters. The highest BCUT2D eigenvalue weighted by molar-refractivity contribution is 5.94. The second-order valence-corrected chi connectivity index (χ2v) is 8.01. The van der Waals surface area contributed by atoms with Crippen LogP contribution in [-0.2, 0) is 6.54 Å². The van der Waals surface area contributed by atoms with Crippen molar-refractivity contribution in [3.05, 3.63) is 106 Å². The molecule has 0 aromatic heterocycles. The Morgan fingerprint density at radius 1 is 0.710 bits per heavy atom. The molecule has 3 aromatic carbocycles. The number of nitrogens with zero attached hydrogens (tertiary/aromatic N) is 1. The van der Waals surface area contributed by atoms with Gasteiger partial charge in [-0.1, -0.05) is 78.4 Å². The number of anilines is 1. The van der Waals surface area contributed by atoms with E-state index in [0.29, 0.717) is 0 Å². The number of piperidine rings is 1. The molecule has 2 N–H and O–H groups in total. The second-order valence-electron chi connectivity index (χ2n) is 8.01. The summed E-state index contributed by atoms with van der Waals surface area (Å²) in [6.07, 6.45) is 6.74. The summed E-state index contributed by atoms with van der Waals surface area (Å²) in [6, 6.07) is 25.9. The zero-order valence-electron chi connectivity index (χ0n) is 17.5. The smallest absolute Gasteiger partial charge is 0.0317 e. The van der Waals surface area contributed by atoms with Crippen LogP contribution in [0.1, 0.15) is 40.7 Å². The third-order valence-electron chi connectivity index (χ3n) is 6.07. The molecule has 1 saturated heterocycles. The lowest BCUT2D eigenvalue weighted by Gasteiger charge is -2.30. The van der Waals surface area contributed by atoms with Gasteiger partial charge in [-0.15, -0.1) is 24.8 Å². The van der Waals surface area contributed by atoms with Crippen LogP contribution >= 0.6 is 24.8 Å². The van der Waals surface area contributed by atoms with Crippen molar-refractivity contribution >= 4 is 48.2 Å². The molecule has 5 rings (SSSR count). The first-order valence-corrected chi connectivity index (χ1v) is 10.4. The lowest BCUT2D eigenvalue weighted by molar-refractivity contribution is 0.248. The summed E-state index contributed by atoms with van der Waals surface area (Å²) < 4.78 is 0. The molecule has 160 valence electrons. The van der Waals surface area contributed by atoms with Crippen molar-refractivity contribution < 1.29 is 0 Å². The van der Waals surface area contributed by atoms with Crippen LogP contribution in [0.2, 0.25) is 0 Å². The maximum absolute atomic E-state index is 5.96. The van der Waals surface area contributed by atoms with Crippen LogP contribution in [0, 0.1) is 0 Å². The standard InChI is InChI=1S/C27H26N2.2ClH/c28-24-9-5-6-20(18-24)19-29-16-14-23(15-17-29)27-25-10-3-1-7-21(25)12-13-22-8-2-4-11-26(22)27;;/h1-13,18H,14-17,19,28H2;2*1H. The summed E-state index contributed by atoms with van der Waals surface area (Å²) in [5, 5.41) is 0. The third kappa shape index (κ3) is 4.88. The largest absolute Gasteiger partial charge is 0.399 e. The first kappa shape index (κ1) is 23.1. The van der Waals surface area contributed by atoms with Gasteiger partial charge in [0.25, 0.3) is 0 Å². The Hall–Kier alpha value is -2.52. The molecular weight excluding hydrogens is 423 g/mol. The molecule has 0 amide bonds. The summed E-state index contributed by atoms with van der Waals surface area (Å²) in [4.78, 5) is 2.55. The summed E-state index contributed by atoms with van der Waals surface area (Å²) in [6.45, 7) is 3.15. The topological polar surface area (TPSA) is 29.3 Å². The normalized spacial score (nSPS) is 15.2. The molecule has 0 bridgehead atoms. The number of hydrogen-bond acceptors (Lipinski definition) is 2. The first-order chi connectivity index (χ1) is 14.3. The zero-order chi connectivity index (χ0) is 19.6. The minimum atomic E-state index is 0. The molecule has 3 aromatic rings. The van der Waals surface area contributed by atoms with Gasteiger partial charge in [0.05, 0.1) is 0 Å². The molecule has 31 heavy (non-hydrogen) atoms. The minimum absolute atomic E-state index is 0. The molecular formula is C27H28Cl2N2. The van der Waals surface area contributed by atoms with Crippen LogP contribution in [0.3, 0.4) is 0 Å². The number of fused-ring (bicyclic) bond motifs is 2.